The van der Waals surface area contributed by atoms with Gasteiger partial charge in [-0.25, -0.2) is 13.6 Å². The van der Waals surface area contributed by atoms with Crippen LogP contribution in [0.1, 0.15) is 6.42 Å². The number of nitrogens with one attached hydrogen (secondary N) is 2. The van der Waals surface area contributed by atoms with E-state index in [1.54, 1.807) is 7.11 Å². The zero-order chi connectivity index (χ0) is 15.6. The van der Waals surface area contributed by atoms with Crippen molar-refractivity contribution < 1.29 is 17.9 Å². The van der Waals surface area contributed by atoms with Crippen LogP contribution >= 0.6 is 15.9 Å². The van der Waals surface area contributed by atoms with Crippen LogP contribution < -0.4 is 15.8 Å². The van der Waals surface area contributed by atoms with Crippen LogP contribution in [0.4, 0.5) is 5.69 Å². The molecule has 116 valence electrons. The zero-order valence-electron chi connectivity index (χ0n) is 11.3. The minimum absolute atomic E-state index is 0.0222. The van der Waals surface area contributed by atoms with Gasteiger partial charge in [0.15, 0.2) is 0 Å². The number of anilines is 1. The summed E-state index contributed by atoms with van der Waals surface area (Å²) in [5, 5.41) is 10.8. The second-order valence-corrected chi connectivity index (χ2v) is 7.15. The number of benzene rings is 1. The van der Waals surface area contributed by atoms with Crippen LogP contribution in [0.3, 0.4) is 0 Å². The molecule has 1 aliphatic heterocycles. The van der Waals surface area contributed by atoms with Crippen molar-refractivity contribution in [2.24, 2.45) is 5.14 Å². The lowest BCUT2D eigenvalue weighted by Gasteiger charge is -2.13. The average Bonchev–Trinajstić information content (AvgIpc) is 2.88. The summed E-state index contributed by atoms with van der Waals surface area (Å²) >= 11 is 3.22. The van der Waals surface area contributed by atoms with Crippen molar-refractivity contribution in [2.75, 3.05) is 19.0 Å². The van der Waals surface area contributed by atoms with Crippen molar-refractivity contribution in [3.05, 3.63) is 22.7 Å². The van der Waals surface area contributed by atoms with E-state index in [2.05, 4.69) is 26.6 Å². The Hall–Kier alpha value is -1.00. The molecule has 2 rings (SSSR count). The van der Waals surface area contributed by atoms with Crippen LogP contribution in [0.5, 0.6) is 0 Å². The number of amides is 1. The lowest BCUT2D eigenvalue weighted by molar-refractivity contribution is -0.118. The topological polar surface area (TPSA) is 111 Å². The van der Waals surface area contributed by atoms with E-state index < -0.39 is 10.0 Å². The second-order valence-electron chi connectivity index (χ2n) is 4.73. The van der Waals surface area contributed by atoms with E-state index in [4.69, 9.17) is 9.88 Å². The summed E-state index contributed by atoms with van der Waals surface area (Å²) in [5.74, 6) is -0.196. The Labute approximate surface area is 131 Å². The summed E-state index contributed by atoms with van der Waals surface area (Å²) in [6, 6.07) is 3.85. The first-order valence-corrected chi connectivity index (χ1v) is 8.54. The monoisotopic (exact) mass is 377 g/mol. The molecule has 0 spiro atoms. The molecule has 9 heteroatoms. The number of carbonyl (C=O) groups excluding carboxylic acids is 1. The van der Waals surface area contributed by atoms with Crippen LogP contribution in [0.15, 0.2) is 27.6 Å². The molecule has 4 N–H and O–H groups in total. The molecule has 1 fully saturated rings. The molecule has 21 heavy (non-hydrogen) atoms. The van der Waals surface area contributed by atoms with E-state index in [1.807, 2.05) is 0 Å². The molecule has 1 aromatic carbocycles. The van der Waals surface area contributed by atoms with E-state index in [-0.39, 0.29) is 22.9 Å². The van der Waals surface area contributed by atoms with Crippen molar-refractivity contribution in [1.82, 2.24) is 5.32 Å². The summed E-state index contributed by atoms with van der Waals surface area (Å²) < 4.78 is 28.1. The summed E-state index contributed by atoms with van der Waals surface area (Å²) in [6.07, 6.45) is 0.615. The minimum atomic E-state index is -3.77. The van der Waals surface area contributed by atoms with Crippen molar-refractivity contribution in [1.29, 1.82) is 0 Å². The van der Waals surface area contributed by atoms with Gasteiger partial charge in [0.25, 0.3) is 0 Å². The van der Waals surface area contributed by atoms with Gasteiger partial charge >= 0.3 is 0 Å². The molecular weight excluding hydrogens is 362 g/mol. The molecule has 0 radical (unpaired) electrons. The molecule has 0 bridgehead atoms. The smallest absolute Gasteiger partial charge is 0.241 e. The maximum Gasteiger partial charge on any atom is 0.241 e. The molecule has 0 aromatic heterocycles. The summed E-state index contributed by atoms with van der Waals surface area (Å²) in [7, 11) is -2.16. The fourth-order valence-corrected chi connectivity index (χ4v) is 3.25. The van der Waals surface area contributed by atoms with Crippen LogP contribution in [0.2, 0.25) is 0 Å². The van der Waals surface area contributed by atoms with Gasteiger partial charge in [-0.05, 0) is 40.5 Å². The zero-order valence-corrected chi connectivity index (χ0v) is 13.7. The van der Waals surface area contributed by atoms with Crippen molar-refractivity contribution in [3.63, 3.8) is 0 Å². The highest BCUT2D eigenvalue weighted by Crippen LogP contribution is 2.26. The molecule has 2 atom stereocenters. The molecule has 1 saturated heterocycles. The van der Waals surface area contributed by atoms with E-state index in [1.165, 1.54) is 18.2 Å². The van der Waals surface area contributed by atoms with Gasteiger partial charge in [0.1, 0.15) is 0 Å². The second kappa shape index (κ2) is 6.41. The standard InChI is InChI=1S/C12H16BrN3O4S/c1-20-7-4-11(15-6-7)12(17)16-10-3-2-8(5-9(10)13)21(14,18)19/h2-3,5,7,11,15H,4,6H2,1H3,(H,16,17)(H2,14,18,19). The molecule has 0 aliphatic carbocycles. The highest BCUT2D eigenvalue weighted by molar-refractivity contribution is 9.10. The van der Waals surface area contributed by atoms with Crippen LogP contribution in [0, 0.1) is 0 Å². The SMILES string of the molecule is COC1CNC(C(=O)Nc2ccc(S(N)(=O)=O)cc2Br)C1. The normalized spacial score (nSPS) is 22.2. The van der Waals surface area contributed by atoms with Gasteiger partial charge in [-0.15, -0.1) is 0 Å². The maximum absolute atomic E-state index is 12.1. The maximum atomic E-state index is 12.1. The van der Waals surface area contributed by atoms with Gasteiger partial charge in [0.05, 0.1) is 22.7 Å². The number of ether oxygens (including phenoxy) is 1. The third kappa shape index (κ3) is 4.01. The minimum Gasteiger partial charge on any atom is -0.380 e. The lowest BCUT2D eigenvalue weighted by Crippen LogP contribution is -2.35. The fraction of sp³-hybridized carbons (Fsp3) is 0.417. The summed E-state index contributed by atoms with van der Waals surface area (Å²) in [5.41, 5.74) is 0.482. The third-order valence-electron chi connectivity index (χ3n) is 3.27. The molecular formula is C12H16BrN3O4S. The molecule has 1 aliphatic rings. The van der Waals surface area contributed by atoms with Gasteiger partial charge in [-0.1, -0.05) is 0 Å². The molecule has 1 amide bonds. The number of halogens is 1. The Morgan fingerprint density at radius 2 is 2.24 bits per heavy atom. The number of hydrogen-bond acceptors (Lipinski definition) is 5. The Kier molecular flexibility index (Phi) is 4.99. The summed E-state index contributed by atoms with van der Waals surface area (Å²) in [4.78, 5) is 12.1. The number of sulfonamides is 1. The van der Waals surface area contributed by atoms with E-state index in [0.717, 1.165) is 0 Å². The predicted molar refractivity (Wildman–Crippen MR) is 81.3 cm³/mol. The first-order chi connectivity index (χ1) is 9.81. The first kappa shape index (κ1) is 16.4. The lowest BCUT2D eigenvalue weighted by atomic mass is 10.2. The third-order valence-corrected chi connectivity index (χ3v) is 4.83. The van der Waals surface area contributed by atoms with Gasteiger partial charge in [0, 0.05) is 18.1 Å². The molecule has 1 aromatic rings. The molecule has 2 unspecified atom stereocenters. The van der Waals surface area contributed by atoms with Crippen molar-refractivity contribution in [2.45, 2.75) is 23.5 Å². The van der Waals surface area contributed by atoms with E-state index in [0.29, 0.717) is 23.1 Å². The van der Waals surface area contributed by atoms with Crippen molar-refractivity contribution in [3.8, 4) is 0 Å². The Balaban J connectivity index is 2.08. The number of primary sulfonamides is 1. The highest BCUT2D eigenvalue weighted by atomic mass is 79.9. The van der Waals surface area contributed by atoms with Gasteiger partial charge in [-0.2, -0.15) is 0 Å². The van der Waals surface area contributed by atoms with Crippen molar-refractivity contribution >= 4 is 37.5 Å². The molecule has 1 heterocycles. The number of nitrogens with two attached hydrogens (primary N) is 1. The van der Waals surface area contributed by atoms with Gasteiger partial charge in [0.2, 0.25) is 15.9 Å². The number of rotatable bonds is 4. The highest BCUT2D eigenvalue weighted by Gasteiger charge is 2.29. The quantitative estimate of drug-likeness (QED) is 0.703. The Morgan fingerprint density at radius 1 is 1.52 bits per heavy atom. The Bertz CT molecular complexity index is 650. The number of carbonyl (C=O) groups is 1. The summed E-state index contributed by atoms with van der Waals surface area (Å²) in [6.45, 7) is 0.625. The number of hydrogen-bond donors (Lipinski definition) is 3. The van der Waals surface area contributed by atoms with Gasteiger partial charge < -0.3 is 15.4 Å². The Morgan fingerprint density at radius 3 is 2.76 bits per heavy atom. The largest absolute Gasteiger partial charge is 0.380 e. The molecule has 0 saturated carbocycles. The average molecular weight is 378 g/mol. The van der Waals surface area contributed by atoms with E-state index in [9.17, 15) is 13.2 Å². The first-order valence-electron chi connectivity index (χ1n) is 6.20. The van der Waals surface area contributed by atoms with Crippen LogP contribution in [-0.2, 0) is 19.6 Å². The van der Waals surface area contributed by atoms with Crippen LogP contribution in [-0.4, -0.2) is 40.1 Å². The van der Waals surface area contributed by atoms with Crippen LogP contribution in [0.25, 0.3) is 0 Å². The van der Waals surface area contributed by atoms with Gasteiger partial charge in [-0.3, -0.25) is 4.79 Å². The molecule has 7 nitrogen and oxygen atoms in total. The fourth-order valence-electron chi connectivity index (χ4n) is 2.08. The number of methoxy groups -OCH3 is 1. The van der Waals surface area contributed by atoms with E-state index >= 15 is 0 Å². The predicted octanol–water partition coefficient (Wildman–Crippen LogP) is 0.412.